The van der Waals surface area contributed by atoms with Gasteiger partial charge in [0.15, 0.2) is 0 Å². The first kappa shape index (κ1) is 15.8. The Morgan fingerprint density at radius 1 is 1.13 bits per heavy atom. The number of methoxy groups -OCH3 is 1. The second-order valence-electron chi connectivity index (χ2n) is 4.99. The van der Waals surface area contributed by atoms with E-state index in [1.807, 2.05) is 35.0 Å². The molecule has 0 aliphatic heterocycles. The largest absolute Gasteiger partial charge is 0.469 e. The van der Waals surface area contributed by atoms with Crippen molar-refractivity contribution in [1.29, 1.82) is 0 Å². The molecule has 3 aromatic heterocycles. The van der Waals surface area contributed by atoms with Crippen LogP contribution in [0.15, 0.2) is 41.1 Å². The highest BCUT2D eigenvalue weighted by atomic mass is 32.1. The SMILES string of the molecule is COC(=O)CCCc1cc(-c2cccs2)nnc1-c1cccs1. The van der Waals surface area contributed by atoms with Gasteiger partial charge in [-0.05, 0) is 47.4 Å². The summed E-state index contributed by atoms with van der Waals surface area (Å²) in [5.74, 6) is -0.178. The van der Waals surface area contributed by atoms with Crippen molar-refractivity contribution in [3.05, 3.63) is 46.7 Å². The maximum atomic E-state index is 11.3. The number of carbonyl (C=O) groups is 1. The quantitative estimate of drug-likeness (QED) is 0.621. The first-order valence-corrected chi connectivity index (χ1v) is 9.05. The summed E-state index contributed by atoms with van der Waals surface area (Å²) in [6.07, 6.45) is 1.92. The van der Waals surface area contributed by atoms with E-state index in [1.165, 1.54) is 7.11 Å². The lowest BCUT2D eigenvalue weighted by molar-refractivity contribution is -0.140. The summed E-state index contributed by atoms with van der Waals surface area (Å²) >= 11 is 3.29. The van der Waals surface area contributed by atoms with Crippen LogP contribution in [0.2, 0.25) is 0 Å². The first-order chi connectivity index (χ1) is 11.3. The van der Waals surface area contributed by atoms with Gasteiger partial charge in [0.2, 0.25) is 0 Å². The maximum Gasteiger partial charge on any atom is 0.305 e. The van der Waals surface area contributed by atoms with Crippen molar-refractivity contribution in [1.82, 2.24) is 10.2 Å². The number of esters is 1. The highest BCUT2D eigenvalue weighted by Gasteiger charge is 2.13. The van der Waals surface area contributed by atoms with Gasteiger partial charge in [-0.25, -0.2) is 0 Å². The zero-order chi connectivity index (χ0) is 16.1. The fourth-order valence-electron chi connectivity index (χ4n) is 2.31. The molecule has 0 N–H and O–H groups in total. The van der Waals surface area contributed by atoms with Gasteiger partial charge in [0, 0.05) is 6.42 Å². The van der Waals surface area contributed by atoms with Crippen molar-refractivity contribution < 1.29 is 9.53 Å². The van der Waals surface area contributed by atoms with Crippen LogP contribution in [0.3, 0.4) is 0 Å². The van der Waals surface area contributed by atoms with Gasteiger partial charge in [-0.2, -0.15) is 0 Å². The monoisotopic (exact) mass is 344 g/mol. The Balaban J connectivity index is 1.88. The van der Waals surface area contributed by atoms with Crippen LogP contribution in [0.4, 0.5) is 0 Å². The normalized spacial score (nSPS) is 10.7. The molecule has 4 nitrogen and oxygen atoms in total. The predicted molar refractivity (Wildman–Crippen MR) is 93.6 cm³/mol. The van der Waals surface area contributed by atoms with Crippen molar-refractivity contribution in [2.45, 2.75) is 19.3 Å². The molecule has 3 heterocycles. The average molecular weight is 344 g/mol. The summed E-state index contributed by atoms with van der Waals surface area (Å²) in [5, 5.41) is 12.9. The fraction of sp³-hybridized carbons (Fsp3) is 0.235. The molecule has 0 aromatic carbocycles. The van der Waals surface area contributed by atoms with Gasteiger partial charge in [-0.3, -0.25) is 4.79 Å². The number of hydrogen-bond donors (Lipinski definition) is 0. The van der Waals surface area contributed by atoms with Crippen LogP contribution in [0.5, 0.6) is 0 Å². The Morgan fingerprint density at radius 2 is 1.87 bits per heavy atom. The lowest BCUT2D eigenvalue weighted by Gasteiger charge is -2.08. The van der Waals surface area contributed by atoms with E-state index >= 15 is 0 Å². The molecule has 3 aromatic rings. The van der Waals surface area contributed by atoms with Crippen LogP contribution in [0.25, 0.3) is 21.1 Å². The van der Waals surface area contributed by atoms with Crippen LogP contribution in [0.1, 0.15) is 18.4 Å². The second-order valence-corrected chi connectivity index (χ2v) is 6.88. The standard InChI is InChI=1S/C17H16N2O2S2/c1-21-16(20)8-2-5-12-11-13(14-6-3-9-22-14)18-19-17(12)15-7-4-10-23-15/h3-4,6-7,9-11H,2,5,8H2,1H3. The molecular weight excluding hydrogens is 328 g/mol. The molecule has 0 amide bonds. The number of nitrogens with zero attached hydrogens (tertiary/aromatic N) is 2. The topological polar surface area (TPSA) is 52.1 Å². The van der Waals surface area contributed by atoms with Gasteiger partial charge in [0.1, 0.15) is 11.4 Å². The Bertz CT molecular complexity index is 768. The van der Waals surface area contributed by atoms with E-state index in [1.54, 1.807) is 22.7 Å². The highest BCUT2D eigenvalue weighted by Crippen LogP contribution is 2.30. The minimum atomic E-state index is -0.178. The number of carbonyl (C=O) groups excluding carboxylic acids is 1. The Morgan fingerprint density at radius 3 is 2.52 bits per heavy atom. The average Bonchev–Trinajstić information content (AvgIpc) is 3.28. The van der Waals surface area contributed by atoms with E-state index in [0.29, 0.717) is 6.42 Å². The molecule has 0 atom stereocenters. The summed E-state index contributed by atoms with van der Waals surface area (Å²) in [6, 6.07) is 10.2. The molecule has 0 fully saturated rings. The van der Waals surface area contributed by atoms with Crippen molar-refractivity contribution >= 4 is 28.6 Å². The van der Waals surface area contributed by atoms with Gasteiger partial charge in [-0.1, -0.05) is 12.1 Å². The highest BCUT2D eigenvalue weighted by molar-refractivity contribution is 7.13. The Labute approximate surface area is 142 Å². The summed E-state index contributed by atoms with van der Waals surface area (Å²) in [5.41, 5.74) is 2.91. The van der Waals surface area contributed by atoms with Crippen LogP contribution >= 0.6 is 22.7 Å². The van der Waals surface area contributed by atoms with Gasteiger partial charge in [-0.15, -0.1) is 32.9 Å². The number of rotatable bonds is 6. The van der Waals surface area contributed by atoms with Crippen molar-refractivity contribution in [3.8, 4) is 21.1 Å². The number of ether oxygens (including phenoxy) is 1. The summed E-state index contributed by atoms with van der Waals surface area (Å²) in [4.78, 5) is 13.5. The number of aryl methyl sites for hydroxylation is 1. The first-order valence-electron chi connectivity index (χ1n) is 7.29. The van der Waals surface area contributed by atoms with Gasteiger partial charge in [0.25, 0.3) is 0 Å². The Hall–Kier alpha value is -2.05. The van der Waals surface area contributed by atoms with Crippen LogP contribution < -0.4 is 0 Å². The molecule has 0 radical (unpaired) electrons. The molecule has 23 heavy (non-hydrogen) atoms. The molecule has 118 valence electrons. The minimum Gasteiger partial charge on any atom is -0.469 e. The van der Waals surface area contributed by atoms with Gasteiger partial charge >= 0.3 is 5.97 Å². The third kappa shape index (κ3) is 3.83. The maximum absolute atomic E-state index is 11.3. The summed E-state index contributed by atoms with van der Waals surface area (Å²) < 4.78 is 4.71. The molecule has 0 unspecified atom stereocenters. The van der Waals surface area contributed by atoms with Gasteiger partial charge < -0.3 is 4.74 Å². The number of hydrogen-bond acceptors (Lipinski definition) is 6. The Kier molecular flexibility index (Phi) is 5.15. The third-order valence-corrected chi connectivity index (χ3v) is 5.22. The molecule has 3 rings (SSSR count). The lowest BCUT2D eigenvalue weighted by atomic mass is 10.0. The summed E-state index contributed by atoms with van der Waals surface area (Å²) in [7, 11) is 1.42. The number of thiophene rings is 2. The molecule has 0 aliphatic rings. The smallest absolute Gasteiger partial charge is 0.305 e. The second kappa shape index (κ2) is 7.48. The van der Waals surface area contributed by atoms with E-state index in [0.717, 1.165) is 39.5 Å². The van der Waals surface area contributed by atoms with Crippen LogP contribution in [-0.2, 0) is 16.0 Å². The zero-order valence-electron chi connectivity index (χ0n) is 12.7. The van der Waals surface area contributed by atoms with Crippen LogP contribution in [0, 0.1) is 0 Å². The lowest BCUT2D eigenvalue weighted by Crippen LogP contribution is -2.02. The van der Waals surface area contributed by atoms with E-state index in [4.69, 9.17) is 4.74 Å². The summed E-state index contributed by atoms with van der Waals surface area (Å²) in [6.45, 7) is 0. The molecule has 0 spiro atoms. The molecular formula is C17H16N2O2S2. The minimum absolute atomic E-state index is 0.178. The molecule has 0 saturated carbocycles. The van der Waals surface area contributed by atoms with Crippen molar-refractivity contribution in [3.63, 3.8) is 0 Å². The van der Waals surface area contributed by atoms with Gasteiger partial charge in [0.05, 0.1) is 16.9 Å². The van der Waals surface area contributed by atoms with Crippen molar-refractivity contribution in [2.24, 2.45) is 0 Å². The van der Waals surface area contributed by atoms with E-state index < -0.39 is 0 Å². The van der Waals surface area contributed by atoms with E-state index in [9.17, 15) is 4.79 Å². The van der Waals surface area contributed by atoms with E-state index in [-0.39, 0.29) is 5.97 Å². The molecule has 0 aliphatic carbocycles. The molecule has 0 bridgehead atoms. The van der Waals surface area contributed by atoms with Crippen molar-refractivity contribution in [2.75, 3.05) is 7.11 Å². The number of aromatic nitrogens is 2. The third-order valence-electron chi connectivity index (χ3n) is 3.46. The predicted octanol–water partition coefficient (Wildman–Crippen LogP) is 4.43. The molecule has 6 heteroatoms. The molecule has 0 saturated heterocycles. The zero-order valence-corrected chi connectivity index (χ0v) is 14.3. The fourth-order valence-corrected chi connectivity index (χ4v) is 3.74. The van der Waals surface area contributed by atoms with E-state index in [2.05, 4.69) is 16.3 Å². The van der Waals surface area contributed by atoms with Crippen LogP contribution in [-0.4, -0.2) is 23.3 Å².